The third-order valence-corrected chi connectivity index (χ3v) is 7.93. The summed E-state index contributed by atoms with van der Waals surface area (Å²) < 4.78 is 5.46. The van der Waals surface area contributed by atoms with Crippen molar-refractivity contribution in [2.75, 3.05) is 13.7 Å². The Hall–Kier alpha value is -1.34. The van der Waals surface area contributed by atoms with Gasteiger partial charge >= 0.3 is 0 Å². The molecular formula is C27H38O. The highest BCUT2D eigenvalue weighted by Gasteiger charge is 2.46. The Morgan fingerprint density at radius 2 is 1.54 bits per heavy atom. The summed E-state index contributed by atoms with van der Waals surface area (Å²) in [4.78, 5) is 0. The van der Waals surface area contributed by atoms with Crippen LogP contribution in [0.3, 0.4) is 0 Å². The second-order valence-electron chi connectivity index (χ2n) is 9.85. The van der Waals surface area contributed by atoms with Crippen LogP contribution >= 0.6 is 0 Å². The summed E-state index contributed by atoms with van der Waals surface area (Å²) in [5.41, 5.74) is 7.57. The van der Waals surface area contributed by atoms with Crippen LogP contribution < -0.4 is 0 Å². The molecule has 4 atom stereocenters. The zero-order chi connectivity index (χ0) is 19.8. The number of hydrogen-bond acceptors (Lipinski definition) is 1. The molecule has 0 aromatic heterocycles. The van der Waals surface area contributed by atoms with Gasteiger partial charge in [0.05, 0.1) is 0 Å². The monoisotopic (exact) mass is 378 g/mol. The lowest BCUT2D eigenvalue weighted by Crippen LogP contribution is -2.35. The van der Waals surface area contributed by atoms with Crippen molar-refractivity contribution >= 4 is 0 Å². The number of ether oxygens (including phenoxy) is 1. The maximum absolute atomic E-state index is 5.46. The maximum atomic E-state index is 5.46. The summed E-state index contributed by atoms with van der Waals surface area (Å²) in [6.07, 6.45) is 9.16. The van der Waals surface area contributed by atoms with Gasteiger partial charge in [0, 0.05) is 13.7 Å². The molecule has 0 spiro atoms. The highest BCUT2D eigenvalue weighted by atomic mass is 16.5. The first-order valence-corrected chi connectivity index (χ1v) is 11.4. The molecule has 1 nitrogen and oxygen atoms in total. The summed E-state index contributed by atoms with van der Waals surface area (Å²) in [6, 6.07) is 6.93. The van der Waals surface area contributed by atoms with Crippen molar-refractivity contribution in [3.63, 3.8) is 0 Å². The minimum atomic E-state index is 0.569. The molecule has 3 fully saturated rings. The summed E-state index contributed by atoms with van der Waals surface area (Å²) >= 11 is 0. The van der Waals surface area contributed by atoms with Gasteiger partial charge in [0.1, 0.15) is 0 Å². The molecule has 0 radical (unpaired) electrons. The van der Waals surface area contributed by atoms with E-state index < -0.39 is 0 Å². The standard InChI is InChI=1S/C27H38O/c1-17-7-6-8-24(18(17)2)27-25(19(3)22-9-10-22)15-21(13-14-28-5)16-26(27)20(4)23-11-12-23/h6-8,21-23,25-27H,3-4,9-16H2,1-2,5H3/t21?,25-,26+,27?. The van der Waals surface area contributed by atoms with Gasteiger partial charge in [-0.2, -0.15) is 0 Å². The number of hydrogen-bond donors (Lipinski definition) is 0. The summed E-state index contributed by atoms with van der Waals surface area (Å²) in [5, 5.41) is 0. The van der Waals surface area contributed by atoms with Gasteiger partial charge < -0.3 is 4.74 Å². The lowest BCUT2D eigenvalue weighted by atomic mass is 9.59. The van der Waals surface area contributed by atoms with Gasteiger partial charge in [-0.15, -0.1) is 0 Å². The smallest absolute Gasteiger partial charge is 0.0464 e. The Labute approximate surface area is 172 Å². The van der Waals surface area contributed by atoms with Crippen LogP contribution in [-0.4, -0.2) is 13.7 Å². The normalized spacial score (nSPS) is 30.2. The fraction of sp³-hybridized carbons (Fsp3) is 0.630. The van der Waals surface area contributed by atoms with Crippen LogP contribution in [0, 0.1) is 43.4 Å². The molecule has 0 amide bonds. The second kappa shape index (κ2) is 8.19. The van der Waals surface area contributed by atoms with E-state index in [0.29, 0.717) is 17.8 Å². The van der Waals surface area contributed by atoms with Crippen molar-refractivity contribution in [1.29, 1.82) is 0 Å². The molecule has 0 bridgehead atoms. The minimum Gasteiger partial charge on any atom is -0.385 e. The Balaban J connectivity index is 1.72. The molecule has 3 aliphatic rings. The molecule has 28 heavy (non-hydrogen) atoms. The fourth-order valence-corrected chi connectivity index (χ4v) is 5.75. The number of aryl methyl sites for hydroxylation is 1. The Morgan fingerprint density at radius 1 is 0.964 bits per heavy atom. The summed E-state index contributed by atoms with van der Waals surface area (Å²) in [6.45, 7) is 14.8. The van der Waals surface area contributed by atoms with Crippen LogP contribution in [0.5, 0.6) is 0 Å². The first kappa shape index (κ1) is 20.0. The molecule has 3 saturated carbocycles. The molecule has 2 unspecified atom stereocenters. The van der Waals surface area contributed by atoms with Crippen molar-refractivity contribution in [3.05, 3.63) is 59.2 Å². The molecule has 3 aliphatic carbocycles. The largest absolute Gasteiger partial charge is 0.385 e. The molecule has 0 aliphatic heterocycles. The Bertz CT molecular complexity index is 703. The van der Waals surface area contributed by atoms with Crippen molar-refractivity contribution in [3.8, 4) is 0 Å². The second-order valence-corrected chi connectivity index (χ2v) is 9.85. The van der Waals surface area contributed by atoms with E-state index in [1.54, 1.807) is 16.7 Å². The van der Waals surface area contributed by atoms with Crippen LogP contribution in [0.4, 0.5) is 0 Å². The van der Waals surface area contributed by atoms with E-state index in [9.17, 15) is 0 Å². The molecule has 0 saturated heterocycles. The predicted octanol–water partition coefficient (Wildman–Crippen LogP) is 7.00. The zero-order valence-electron chi connectivity index (χ0n) is 18.2. The van der Waals surface area contributed by atoms with E-state index in [1.165, 1.54) is 56.1 Å². The fourth-order valence-electron chi connectivity index (χ4n) is 5.75. The molecule has 152 valence electrons. The highest BCUT2D eigenvalue weighted by Crippen LogP contribution is 2.57. The SMILES string of the molecule is C=C(C1CC1)[C@H]1CC(CCOC)C[C@@H](C(=C)C2CC2)C1c1cccc(C)c1C. The first-order chi connectivity index (χ1) is 13.5. The number of allylic oxidation sites excluding steroid dienone is 2. The highest BCUT2D eigenvalue weighted by molar-refractivity contribution is 5.40. The summed E-state index contributed by atoms with van der Waals surface area (Å²) in [5.74, 6) is 4.05. The predicted molar refractivity (Wildman–Crippen MR) is 119 cm³/mol. The lowest BCUT2D eigenvalue weighted by molar-refractivity contribution is 0.132. The van der Waals surface area contributed by atoms with Gasteiger partial charge in [0.2, 0.25) is 0 Å². The van der Waals surface area contributed by atoms with Gasteiger partial charge in [0.25, 0.3) is 0 Å². The number of rotatable bonds is 8. The molecule has 1 heteroatoms. The van der Waals surface area contributed by atoms with Crippen molar-refractivity contribution in [2.45, 2.75) is 64.7 Å². The zero-order valence-corrected chi connectivity index (χ0v) is 18.2. The third kappa shape index (κ3) is 4.01. The van der Waals surface area contributed by atoms with E-state index >= 15 is 0 Å². The molecular weight excluding hydrogens is 340 g/mol. The first-order valence-electron chi connectivity index (χ1n) is 11.4. The number of methoxy groups -OCH3 is 1. The van der Waals surface area contributed by atoms with Gasteiger partial charge in [-0.05, 0) is 111 Å². The molecule has 0 N–H and O–H groups in total. The number of benzene rings is 1. The van der Waals surface area contributed by atoms with E-state index in [-0.39, 0.29) is 0 Å². The van der Waals surface area contributed by atoms with Crippen molar-refractivity contribution in [2.24, 2.45) is 29.6 Å². The average molecular weight is 379 g/mol. The van der Waals surface area contributed by atoms with Crippen LogP contribution in [0.2, 0.25) is 0 Å². The summed E-state index contributed by atoms with van der Waals surface area (Å²) in [7, 11) is 1.84. The Kier molecular flexibility index (Phi) is 5.83. The van der Waals surface area contributed by atoms with E-state index in [0.717, 1.165) is 24.4 Å². The molecule has 1 aromatic carbocycles. The van der Waals surface area contributed by atoms with Gasteiger partial charge in [-0.3, -0.25) is 0 Å². The lowest BCUT2D eigenvalue weighted by Gasteiger charge is -2.45. The average Bonchev–Trinajstić information content (AvgIpc) is 3.58. The minimum absolute atomic E-state index is 0.569. The topological polar surface area (TPSA) is 9.23 Å². The molecule has 1 aromatic rings. The van der Waals surface area contributed by atoms with Crippen molar-refractivity contribution in [1.82, 2.24) is 0 Å². The van der Waals surface area contributed by atoms with Crippen LogP contribution in [0.1, 0.15) is 67.6 Å². The van der Waals surface area contributed by atoms with Gasteiger partial charge in [0.15, 0.2) is 0 Å². The van der Waals surface area contributed by atoms with E-state index in [2.05, 4.69) is 45.2 Å². The van der Waals surface area contributed by atoms with Gasteiger partial charge in [-0.1, -0.05) is 42.5 Å². The van der Waals surface area contributed by atoms with E-state index in [1.807, 2.05) is 7.11 Å². The third-order valence-electron chi connectivity index (χ3n) is 7.93. The molecule has 0 heterocycles. The van der Waals surface area contributed by atoms with E-state index in [4.69, 9.17) is 4.74 Å². The van der Waals surface area contributed by atoms with Crippen LogP contribution in [0.15, 0.2) is 42.5 Å². The van der Waals surface area contributed by atoms with Crippen LogP contribution in [-0.2, 0) is 4.74 Å². The Morgan fingerprint density at radius 3 is 2.04 bits per heavy atom. The molecule has 4 rings (SSSR count). The van der Waals surface area contributed by atoms with Crippen molar-refractivity contribution < 1.29 is 4.74 Å². The van der Waals surface area contributed by atoms with Gasteiger partial charge in [-0.25, -0.2) is 0 Å². The maximum Gasteiger partial charge on any atom is 0.0464 e. The van der Waals surface area contributed by atoms with Crippen LogP contribution in [0.25, 0.3) is 0 Å². The quantitative estimate of drug-likeness (QED) is 0.443.